The lowest BCUT2D eigenvalue weighted by Gasteiger charge is -2.32. The molecule has 18 heavy (non-hydrogen) atoms. The summed E-state index contributed by atoms with van der Waals surface area (Å²) in [7, 11) is 0. The van der Waals surface area contributed by atoms with Gasteiger partial charge in [-0.3, -0.25) is 4.79 Å². The fraction of sp³-hybridized carbons (Fsp3) is 0.929. The highest BCUT2D eigenvalue weighted by atomic mass is 16.3. The Morgan fingerprint density at radius 3 is 2.56 bits per heavy atom. The zero-order chi connectivity index (χ0) is 13.1. The monoisotopic (exact) mass is 254 g/mol. The largest absolute Gasteiger partial charge is 0.392 e. The maximum Gasteiger partial charge on any atom is 0.240 e. The molecule has 1 saturated heterocycles. The first-order valence-corrected chi connectivity index (χ1v) is 7.30. The average Bonchev–Trinajstić information content (AvgIpc) is 2.95. The fourth-order valence-corrected chi connectivity index (χ4v) is 3.13. The van der Waals surface area contributed by atoms with Crippen LogP contribution in [0.1, 0.15) is 46.0 Å². The Hall–Kier alpha value is -0.610. The Balaban J connectivity index is 2.00. The number of amides is 1. The van der Waals surface area contributed by atoms with Crippen LogP contribution in [-0.4, -0.2) is 47.2 Å². The summed E-state index contributed by atoms with van der Waals surface area (Å²) in [5.41, 5.74) is 0. The fourth-order valence-electron chi connectivity index (χ4n) is 3.13. The Morgan fingerprint density at radius 2 is 2.06 bits per heavy atom. The molecular weight excluding hydrogens is 228 g/mol. The number of aliphatic hydroxyl groups is 1. The minimum Gasteiger partial charge on any atom is -0.392 e. The Morgan fingerprint density at radius 1 is 1.39 bits per heavy atom. The van der Waals surface area contributed by atoms with Crippen LogP contribution >= 0.6 is 0 Å². The number of β-amino-alcohol motifs (C(OH)–C–C–N with tert-alkyl or cyclic N) is 1. The first-order valence-electron chi connectivity index (χ1n) is 7.30. The van der Waals surface area contributed by atoms with Gasteiger partial charge < -0.3 is 15.3 Å². The molecule has 104 valence electrons. The van der Waals surface area contributed by atoms with Gasteiger partial charge in [0.05, 0.1) is 12.1 Å². The average molecular weight is 254 g/mol. The van der Waals surface area contributed by atoms with Crippen LogP contribution in [0.2, 0.25) is 0 Å². The van der Waals surface area contributed by atoms with Gasteiger partial charge in [0, 0.05) is 19.1 Å². The third-order valence-electron chi connectivity index (χ3n) is 4.02. The van der Waals surface area contributed by atoms with Crippen molar-refractivity contribution in [2.45, 2.75) is 64.1 Å². The molecule has 4 nitrogen and oxygen atoms in total. The molecule has 2 rings (SSSR count). The summed E-state index contributed by atoms with van der Waals surface area (Å²) < 4.78 is 0. The lowest BCUT2D eigenvalue weighted by molar-refractivity contribution is -0.136. The number of nitrogens with zero attached hydrogens (tertiary/aromatic N) is 1. The van der Waals surface area contributed by atoms with Crippen LogP contribution in [0.3, 0.4) is 0 Å². The number of hydrogen-bond acceptors (Lipinski definition) is 3. The first kappa shape index (κ1) is 13.8. The van der Waals surface area contributed by atoms with Gasteiger partial charge in [-0.2, -0.15) is 0 Å². The smallest absolute Gasteiger partial charge is 0.240 e. The highest BCUT2D eigenvalue weighted by Crippen LogP contribution is 2.25. The summed E-state index contributed by atoms with van der Waals surface area (Å²) in [5, 5.41) is 12.7. The van der Waals surface area contributed by atoms with Crippen molar-refractivity contribution in [1.82, 2.24) is 10.2 Å². The van der Waals surface area contributed by atoms with Crippen molar-refractivity contribution in [1.29, 1.82) is 0 Å². The van der Waals surface area contributed by atoms with E-state index in [-0.39, 0.29) is 18.1 Å². The van der Waals surface area contributed by atoms with Crippen molar-refractivity contribution in [3.8, 4) is 0 Å². The number of hydrogen-bond donors (Lipinski definition) is 2. The topological polar surface area (TPSA) is 52.6 Å². The minimum atomic E-state index is -0.358. The van der Waals surface area contributed by atoms with E-state index >= 15 is 0 Å². The van der Waals surface area contributed by atoms with Gasteiger partial charge in [-0.1, -0.05) is 26.7 Å². The summed E-state index contributed by atoms with van der Waals surface area (Å²) >= 11 is 0. The van der Waals surface area contributed by atoms with Crippen molar-refractivity contribution in [3.63, 3.8) is 0 Å². The molecule has 1 aliphatic carbocycles. The standard InChI is InChI=1S/C14H26N2O2/c1-10(2)9-16(11-5-3-4-6-11)14(18)13-7-12(17)8-15-13/h10-13,15,17H,3-9H2,1-2H3. The van der Waals surface area contributed by atoms with E-state index < -0.39 is 0 Å². The maximum absolute atomic E-state index is 12.6. The molecule has 0 aromatic carbocycles. The molecule has 0 aromatic heterocycles. The van der Waals surface area contributed by atoms with Gasteiger partial charge in [-0.25, -0.2) is 0 Å². The quantitative estimate of drug-likeness (QED) is 0.791. The van der Waals surface area contributed by atoms with Crippen LogP contribution in [0.15, 0.2) is 0 Å². The molecule has 0 bridgehead atoms. The molecule has 1 aliphatic heterocycles. The number of carbonyl (C=O) groups excluding carboxylic acids is 1. The third-order valence-corrected chi connectivity index (χ3v) is 4.02. The SMILES string of the molecule is CC(C)CN(C(=O)C1CC(O)CN1)C1CCCC1. The van der Waals surface area contributed by atoms with E-state index in [4.69, 9.17) is 0 Å². The number of nitrogens with one attached hydrogen (secondary N) is 1. The first-order chi connectivity index (χ1) is 8.58. The molecule has 1 heterocycles. The maximum atomic E-state index is 12.6. The van der Waals surface area contributed by atoms with Gasteiger partial charge >= 0.3 is 0 Å². The van der Waals surface area contributed by atoms with Crippen LogP contribution in [0.5, 0.6) is 0 Å². The molecule has 0 aromatic rings. The predicted octanol–water partition coefficient (Wildman–Crippen LogP) is 1.14. The molecular formula is C14H26N2O2. The summed E-state index contributed by atoms with van der Waals surface area (Å²) in [6.45, 7) is 5.71. The molecule has 2 N–H and O–H groups in total. The Bertz CT molecular complexity index is 288. The van der Waals surface area contributed by atoms with Crippen LogP contribution in [0.25, 0.3) is 0 Å². The van der Waals surface area contributed by atoms with E-state index in [1.807, 2.05) is 0 Å². The highest BCUT2D eigenvalue weighted by Gasteiger charge is 2.35. The summed E-state index contributed by atoms with van der Waals surface area (Å²) in [6, 6.07) is 0.263. The van der Waals surface area contributed by atoms with E-state index in [1.165, 1.54) is 12.8 Å². The zero-order valence-corrected chi connectivity index (χ0v) is 11.6. The van der Waals surface area contributed by atoms with E-state index in [2.05, 4.69) is 24.1 Å². The van der Waals surface area contributed by atoms with Gasteiger partial charge in [0.25, 0.3) is 0 Å². The van der Waals surface area contributed by atoms with Gasteiger partial charge in [0.15, 0.2) is 0 Å². The molecule has 2 unspecified atom stereocenters. The normalized spacial score (nSPS) is 29.1. The van der Waals surface area contributed by atoms with Gasteiger partial charge in [0.1, 0.15) is 0 Å². The second-order valence-corrected chi connectivity index (χ2v) is 6.17. The number of rotatable bonds is 4. The van der Waals surface area contributed by atoms with Crippen LogP contribution in [-0.2, 0) is 4.79 Å². The molecule has 0 spiro atoms. The number of carbonyl (C=O) groups is 1. The van der Waals surface area contributed by atoms with Gasteiger partial charge in [-0.05, 0) is 25.2 Å². The molecule has 2 atom stereocenters. The Labute approximate surface area is 110 Å². The minimum absolute atomic E-state index is 0.167. The predicted molar refractivity (Wildman–Crippen MR) is 71.2 cm³/mol. The van der Waals surface area contributed by atoms with Crippen molar-refractivity contribution in [2.24, 2.45) is 5.92 Å². The van der Waals surface area contributed by atoms with Gasteiger partial charge in [-0.15, -0.1) is 0 Å². The van der Waals surface area contributed by atoms with E-state index in [0.29, 0.717) is 24.9 Å². The van der Waals surface area contributed by atoms with Crippen LogP contribution in [0, 0.1) is 5.92 Å². The molecule has 1 amide bonds. The lowest BCUT2D eigenvalue weighted by Crippen LogP contribution is -2.49. The van der Waals surface area contributed by atoms with E-state index in [1.54, 1.807) is 0 Å². The molecule has 0 radical (unpaired) electrons. The number of aliphatic hydroxyl groups excluding tert-OH is 1. The van der Waals surface area contributed by atoms with Crippen molar-refractivity contribution >= 4 is 5.91 Å². The van der Waals surface area contributed by atoms with E-state index in [0.717, 1.165) is 19.4 Å². The van der Waals surface area contributed by atoms with E-state index in [9.17, 15) is 9.90 Å². The Kier molecular flexibility index (Phi) is 4.62. The third kappa shape index (κ3) is 3.23. The highest BCUT2D eigenvalue weighted by molar-refractivity contribution is 5.82. The molecule has 2 aliphatic rings. The molecule has 4 heteroatoms. The summed E-state index contributed by atoms with van der Waals surface area (Å²) in [4.78, 5) is 14.6. The molecule has 2 fully saturated rings. The summed E-state index contributed by atoms with van der Waals surface area (Å²) in [6.07, 6.45) is 4.99. The van der Waals surface area contributed by atoms with Crippen molar-refractivity contribution in [3.05, 3.63) is 0 Å². The molecule has 1 saturated carbocycles. The van der Waals surface area contributed by atoms with Crippen LogP contribution in [0.4, 0.5) is 0 Å². The van der Waals surface area contributed by atoms with Crippen LogP contribution < -0.4 is 5.32 Å². The summed E-state index contributed by atoms with van der Waals surface area (Å²) in [5.74, 6) is 0.702. The second-order valence-electron chi connectivity index (χ2n) is 6.17. The van der Waals surface area contributed by atoms with Gasteiger partial charge in [0.2, 0.25) is 5.91 Å². The second kappa shape index (κ2) is 6.02. The lowest BCUT2D eigenvalue weighted by atomic mass is 10.1. The van der Waals surface area contributed by atoms with Crippen molar-refractivity contribution < 1.29 is 9.90 Å². The van der Waals surface area contributed by atoms with Crippen molar-refractivity contribution in [2.75, 3.05) is 13.1 Å². The zero-order valence-electron chi connectivity index (χ0n) is 11.6.